The first-order valence-corrected chi connectivity index (χ1v) is 10.1. The molecule has 1 fully saturated rings. The molecular formula is C17H18ClN5OS. The average molecular weight is 379 g/mol. The van der Waals surface area contributed by atoms with Crippen LogP contribution in [-0.2, 0) is 16.7 Å². The van der Waals surface area contributed by atoms with Gasteiger partial charge in [-0.3, -0.25) is 0 Å². The van der Waals surface area contributed by atoms with Crippen LogP contribution in [0.15, 0.2) is 35.1 Å². The highest BCUT2D eigenvalue weighted by Gasteiger charge is 2.18. The zero-order chi connectivity index (χ0) is 20.1. The number of fused-ring (bicyclic) bond motifs is 1. The molecule has 0 unspecified atom stereocenters. The maximum Gasteiger partial charge on any atom is 0.145 e. The minimum absolute atomic E-state index is 0.182. The molecule has 3 heterocycles. The number of halogens is 1. The van der Waals surface area contributed by atoms with Gasteiger partial charge in [0.05, 0.1) is 25.8 Å². The van der Waals surface area contributed by atoms with Gasteiger partial charge in [0.15, 0.2) is 0 Å². The molecule has 2 aromatic heterocycles. The number of hydrogen-bond acceptors (Lipinski definition) is 5. The fourth-order valence-electron chi connectivity index (χ4n) is 3.08. The number of nitrogen functional groups attached to an aromatic ring is 1. The maximum atomic E-state index is 12.7. The number of aromatic nitrogens is 3. The number of benzene rings is 1. The summed E-state index contributed by atoms with van der Waals surface area (Å²) < 4.78 is 41.4. The van der Waals surface area contributed by atoms with Crippen LogP contribution < -0.4 is 5.73 Å². The normalized spacial score (nSPS) is 18.7. The molecule has 3 aromatic rings. The number of nitrogens with zero attached hydrogens (tertiary/aromatic N) is 4. The summed E-state index contributed by atoms with van der Waals surface area (Å²) in [6.07, 6.45) is 4.52. The molecule has 2 N–H and O–H groups in total. The number of aryl methyl sites for hydroxylation is 1. The Hall–Kier alpha value is -2.12. The number of nitrogens with two attached hydrogens (primary N) is 1. The van der Waals surface area contributed by atoms with Gasteiger partial charge >= 0.3 is 0 Å². The Morgan fingerprint density at radius 2 is 2.16 bits per heavy atom. The highest BCUT2D eigenvalue weighted by atomic mass is 35.5. The van der Waals surface area contributed by atoms with Gasteiger partial charge in [0.25, 0.3) is 0 Å². The van der Waals surface area contributed by atoms with Crippen LogP contribution in [0.1, 0.15) is 17.0 Å². The van der Waals surface area contributed by atoms with Gasteiger partial charge in [-0.1, -0.05) is 17.7 Å². The number of hydrogen-bond donors (Lipinski definition) is 1. The van der Waals surface area contributed by atoms with Gasteiger partial charge in [-0.2, -0.15) is 4.36 Å². The van der Waals surface area contributed by atoms with Gasteiger partial charge in [-0.05, 0) is 30.5 Å². The van der Waals surface area contributed by atoms with Gasteiger partial charge in [-0.25, -0.2) is 14.2 Å². The Kier molecular flexibility index (Phi) is 3.15. The van der Waals surface area contributed by atoms with E-state index in [9.17, 15) is 4.21 Å². The van der Waals surface area contributed by atoms with E-state index in [1.165, 1.54) is 12.5 Å². The van der Waals surface area contributed by atoms with Crippen LogP contribution in [-0.4, -0.2) is 30.2 Å². The third-order valence-electron chi connectivity index (χ3n) is 4.31. The Morgan fingerprint density at radius 3 is 2.88 bits per heavy atom. The molecule has 1 aliphatic heterocycles. The first-order valence-electron chi connectivity index (χ1n) is 9.32. The van der Waals surface area contributed by atoms with Gasteiger partial charge in [-0.15, -0.1) is 0 Å². The summed E-state index contributed by atoms with van der Waals surface area (Å²) in [4.78, 5) is 8.08. The number of anilines is 1. The lowest BCUT2D eigenvalue weighted by molar-refractivity contribution is 0.681. The highest BCUT2D eigenvalue weighted by molar-refractivity contribution is 7.93. The molecule has 0 spiro atoms. The zero-order valence-corrected chi connectivity index (χ0v) is 14.8. The molecule has 4 rings (SSSR count). The van der Waals surface area contributed by atoms with Crippen LogP contribution in [0.2, 0.25) is 5.02 Å². The Bertz CT molecular complexity index is 1190. The topological polar surface area (TPSA) is 86.2 Å². The number of rotatable bonds is 2. The fraction of sp³-hybridized carbons (Fsp3) is 0.294. The monoisotopic (exact) mass is 378 g/mol. The van der Waals surface area contributed by atoms with Crippen molar-refractivity contribution in [2.24, 2.45) is 11.3 Å². The molecule has 0 amide bonds. The van der Waals surface area contributed by atoms with Crippen LogP contribution in [0.4, 0.5) is 11.5 Å². The van der Waals surface area contributed by atoms with Crippen LogP contribution in [0.5, 0.6) is 0 Å². The van der Waals surface area contributed by atoms with E-state index in [4.69, 9.17) is 21.4 Å². The summed E-state index contributed by atoms with van der Waals surface area (Å²) in [6.45, 7) is -2.42. The van der Waals surface area contributed by atoms with Crippen LogP contribution in [0.25, 0.3) is 22.2 Å². The van der Waals surface area contributed by atoms with Crippen molar-refractivity contribution in [2.75, 3.05) is 17.2 Å². The second kappa shape index (κ2) is 6.00. The molecule has 25 heavy (non-hydrogen) atoms. The lowest BCUT2D eigenvalue weighted by Gasteiger charge is -2.06. The highest BCUT2D eigenvalue weighted by Crippen LogP contribution is 2.36. The molecule has 0 saturated carbocycles. The third kappa shape index (κ3) is 2.87. The second-order valence-corrected chi connectivity index (χ2v) is 8.97. The summed E-state index contributed by atoms with van der Waals surface area (Å²) in [7, 11) is -2.24. The van der Waals surface area contributed by atoms with Crippen LogP contribution in [0, 0.1) is 0 Å². The van der Waals surface area contributed by atoms with E-state index >= 15 is 0 Å². The van der Waals surface area contributed by atoms with Crippen molar-refractivity contribution in [1.82, 2.24) is 14.5 Å². The fourth-order valence-corrected chi connectivity index (χ4v) is 5.57. The van der Waals surface area contributed by atoms with E-state index in [1.807, 2.05) is 0 Å². The van der Waals surface area contributed by atoms with Crippen LogP contribution >= 0.6 is 11.6 Å². The van der Waals surface area contributed by atoms with Crippen molar-refractivity contribution >= 4 is 43.9 Å². The lowest BCUT2D eigenvalue weighted by Crippen LogP contribution is -1.99. The van der Waals surface area contributed by atoms with Crippen molar-refractivity contribution in [3.63, 3.8) is 0 Å². The minimum atomic E-state index is -2.42. The average Bonchev–Trinajstić information content (AvgIpc) is 3.21. The molecule has 0 atom stereocenters. The largest absolute Gasteiger partial charge is 0.383 e. The predicted molar refractivity (Wildman–Crippen MR) is 103 cm³/mol. The smallest absolute Gasteiger partial charge is 0.145 e. The summed E-state index contributed by atoms with van der Waals surface area (Å²) >= 11 is 6.41. The van der Waals surface area contributed by atoms with Crippen molar-refractivity contribution in [3.05, 3.63) is 35.7 Å². The van der Waals surface area contributed by atoms with Gasteiger partial charge < -0.3 is 10.3 Å². The van der Waals surface area contributed by atoms with E-state index < -0.39 is 16.7 Å². The third-order valence-corrected chi connectivity index (χ3v) is 7.00. The predicted octanol–water partition coefficient (Wildman–Crippen LogP) is 3.76. The van der Waals surface area contributed by atoms with Crippen molar-refractivity contribution in [2.45, 2.75) is 12.8 Å². The molecule has 0 radical (unpaired) electrons. The van der Waals surface area contributed by atoms with Gasteiger partial charge in [0, 0.05) is 34.4 Å². The molecule has 0 aliphatic carbocycles. The molecule has 0 bridgehead atoms. The van der Waals surface area contributed by atoms with E-state index in [-0.39, 0.29) is 11.5 Å². The van der Waals surface area contributed by atoms with Crippen molar-refractivity contribution in [3.8, 4) is 11.1 Å². The van der Waals surface area contributed by atoms with E-state index in [0.717, 1.165) is 17.4 Å². The molecule has 8 heteroatoms. The lowest BCUT2D eigenvalue weighted by atomic mass is 10.1. The van der Waals surface area contributed by atoms with Crippen molar-refractivity contribution < 1.29 is 8.32 Å². The molecular weight excluding hydrogens is 358 g/mol. The molecule has 6 nitrogen and oxygen atoms in total. The second-order valence-electron chi connectivity index (χ2n) is 6.02. The molecule has 130 valence electrons. The maximum absolute atomic E-state index is 12.7. The van der Waals surface area contributed by atoms with Crippen LogP contribution in [0.3, 0.4) is 0 Å². The Balaban J connectivity index is 1.88. The van der Waals surface area contributed by atoms with E-state index in [0.29, 0.717) is 38.7 Å². The minimum Gasteiger partial charge on any atom is -0.383 e. The van der Waals surface area contributed by atoms with E-state index in [2.05, 4.69) is 14.3 Å². The molecule has 1 aromatic carbocycles. The SMILES string of the molecule is [2H]C([2H])([2H])n1cc(-c2ccc(N=S3(=O)CCCC3)c(Cl)c2)c2c(N)ncnc21. The first-order chi connectivity index (χ1) is 13.2. The summed E-state index contributed by atoms with van der Waals surface area (Å²) in [5.41, 5.74) is 7.91. The van der Waals surface area contributed by atoms with Gasteiger partial charge in [0.2, 0.25) is 0 Å². The summed E-state index contributed by atoms with van der Waals surface area (Å²) in [5.74, 6) is 1.36. The zero-order valence-electron chi connectivity index (χ0n) is 16.3. The van der Waals surface area contributed by atoms with Crippen molar-refractivity contribution in [1.29, 1.82) is 0 Å². The quantitative estimate of drug-likeness (QED) is 0.735. The molecule has 1 saturated heterocycles. The molecule has 1 aliphatic rings. The Morgan fingerprint density at radius 1 is 1.36 bits per heavy atom. The first kappa shape index (κ1) is 13.1. The standard InChI is InChI=1S/C17H18ClN5OS/c1-23-9-12(15-16(19)20-10-21-17(15)23)11-4-5-14(13(18)8-11)22-25(24)6-2-3-7-25/h4-5,8-10H,2-3,6-7H2,1H3,(H2,19,20,21)/i1D3. The summed E-state index contributed by atoms with van der Waals surface area (Å²) in [5, 5.41) is 0.790. The van der Waals surface area contributed by atoms with Gasteiger partial charge in [0.1, 0.15) is 17.8 Å². The van der Waals surface area contributed by atoms with E-state index in [1.54, 1.807) is 18.2 Å². The Labute approximate surface area is 155 Å². The summed E-state index contributed by atoms with van der Waals surface area (Å²) in [6, 6.07) is 5.12.